The third-order valence-corrected chi connectivity index (χ3v) is 10.5. The van der Waals surface area contributed by atoms with Crippen LogP contribution >= 0.6 is 47.0 Å². The highest BCUT2D eigenvalue weighted by Gasteiger charge is 2.18. The second-order valence-corrected chi connectivity index (χ2v) is 12.6. The molecule has 0 saturated heterocycles. The SMILES string of the molecule is CCCCCCCCCCCCCCCCCCOCC1=CSC(=C2SC=CS2)S1. The Morgan fingerprint density at radius 1 is 0.600 bits per heavy atom. The van der Waals surface area contributed by atoms with Crippen LogP contribution < -0.4 is 0 Å². The summed E-state index contributed by atoms with van der Waals surface area (Å²) in [5.74, 6) is 0. The summed E-state index contributed by atoms with van der Waals surface area (Å²) >= 11 is 7.43. The minimum Gasteiger partial charge on any atom is -0.376 e. The maximum Gasteiger partial charge on any atom is 0.0784 e. The number of hydrogen-bond donors (Lipinski definition) is 0. The van der Waals surface area contributed by atoms with Gasteiger partial charge in [0.25, 0.3) is 0 Å². The molecule has 0 bridgehead atoms. The van der Waals surface area contributed by atoms with Crippen molar-refractivity contribution in [1.29, 1.82) is 0 Å². The van der Waals surface area contributed by atoms with Crippen LogP contribution in [0.3, 0.4) is 0 Å². The molecule has 0 amide bonds. The van der Waals surface area contributed by atoms with Crippen molar-refractivity contribution in [1.82, 2.24) is 0 Å². The Balaban J connectivity index is 1.26. The highest BCUT2D eigenvalue weighted by molar-refractivity contribution is 8.33. The molecule has 2 rings (SSSR count). The molecule has 2 aliphatic rings. The van der Waals surface area contributed by atoms with Crippen LogP contribution in [0, 0.1) is 0 Å². The molecule has 0 unspecified atom stereocenters. The van der Waals surface area contributed by atoms with Gasteiger partial charge >= 0.3 is 0 Å². The van der Waals surface area contributed by atoms with Crippen molar-refractivity contribution in [2.45, 2.75) is 110 Å². The monoisotopic (exact) mass is 486 g/mol. The molecule has 0 aromatic rings. The molecule has 172 valence electrons. The molecule has 0 aliphatic carbocycles. The molecule has 2 aliphatic heterocycles. The number of unbranched alkanes of at least 4 members (excludes halogenated alkanes) is 15. The fraction of sp³-hybridized carbons (Fsp3) is 0.760. The van der Waals surface area contributed by atoms with Gasteiger partial charge in [0, 0.05) is 11.5 Å². The summed E-state index contributed by atoms with van der Waals surface area (Å²) in [4.78, 5) is 1.37. The van der Waals surface area contributed by atoms with Crippen LogP contribution in [0.1, 0.15) is 110 Å². The maximum atomic E-state index is 5.89. The van der Waals surface area contributed by atoms with Gasteiger partial charge in [0.2, 0.25) is 0 Å². The predicted molar refractivity (Wildman–Crippen MR) is 145 cm³/mol. The Hall–Kier alpha value is 0.580. The smallest absolute Gasteiger partial charge is 0.0784 e. The summed E-state index contributed by atoms with van der Waals surface area (Å²) in [5, 5.41) is 6.60. The van der Waals surface area contributed by atoms with E-state index in [1.165, 1.54) is 116 Å². The van der Waals surface area contributed by atoms with E-state index in [1.807, 2.05) is 47.0 Å². The van der Waals surface area contributed by atoms with E-state index in [1.54, 1.807) is 0 Å². The van der Waals surface area contributed by atoms with Gasteiger partial charge in [0.15, 0.2) is 0 Å². The lowest BCUT2D eigenvalue weighted by Gasteiger charge is -2.06. The molecule has 0 saturated carbocycles. The standard InChI is InChI=1S/C25H42OS4/c1-2-3-4-5-6-7-8-9-10-11-12-13-14-15-16-17-18-26-21-23-22-29-25(30-23)24-27-19-20-28-24/h19-20,22H,2-18,21H2,1H3. The Morgan fingerprint density at radius 3 is 1.63 bits per heavy atom. The lowest BCUT2D eigenvalue weighted by molar-refractivity contribution is 0.155. The third kappa shape index (κ3) is 13.2. The lowest BCUT2D eigenvalue weighted by Crippen LogP contribution is -1.97. The van der Waals surface area contributed by atoms with E-state index in [-0.39, 0.29) is 0 Å². The van der Waals surface area contributed by atoms with Crippen LogP contribution in [-0.2, 0) is 4.74 Å². The van der Waals surface area contributed by atoms with Crippen molar-refractivity contribution in [3.63, 3.8) is 0 Å². The van der Waals surface area contributed by atoms with Crippen LogP contribution in [0.2, 0.25) is 0 Å². The van der Waals surface area contributed by atoms with E-state index < -0.39 is 0 Å². The second-order valence-electron chi connectivity index (χ2n) is 8.24. The van der Waals surface area contributed by atoms with Crippen molar-refractivity contribution in [2.75, 3.05) is 13.2 Å². The van der Waals surface area contributed by atoms with Gasteiger partial charge in [-0.25, -0.2) is 0 Å². The summed E-state index contributed by atoms with van der Waals surface area (Å²) in [6.45, 7) is 4.00. The van der Waals surface area contributed by atoms with Crippen molar-refractivity contribution < 1.29 is 4.74 Å². The molecule has 2 heterocycles. The summed E-state index contributed by atoms with van der Waals surface area (Å²) in [6, 6.07) is 0. The molecule has 1 nitrogen and oxygen atoms in total. The van der Waals surface area contributed by atoms with Gasteiger partial charge in [-0.3, -0.25) is 0 Å². The topological polar surface area (TPSA) is 9.23 Å². The normalized spacial score (nSPS) is 16.1. The molecule has 0 aromatic heterocycles. The van der Waals surface area contributed by atoms with E-state index in [0.717, 1.165) is 13.2 Å². The molecule has 0 radical (unpaired) electrons. The van der Waals surface area contributed by atoms with Crippen molar-refractivity contribution in [3.8, 4) is 0 Å². The molecule has 30 heavy (non-hydrogen) atoms. The molecule has 5 heteroatoms. The first-order valence-corrected chi connectivity index (χ1v) is 15.7. The van der Waals surface area contributed by atoms with Crippen LogP contribution in [-0.4, -0.2) is 13.2 Å². The fourth-order valence-electron chi connectivity index (χ4n) is 3.67. The lowest BCUT2D eigenvalue weighted by atomic mass is 10.0. The number of hydrogen-bond acceptors (Lipinski definition) is 5. The van der Waals surface area contributed by atoms with Crippen molar-refractivity contribution >= 4 is 47.0 Å². The molecule has 0 N–H and O–H groups in total. The zero-order valence-electron chi connectivity index (χ0n) is 19.0. The first kappa shape index (κ1) is 26.8. The summed E-state index contributed by atoms with van der Waals surface area (Å²) < 4.78 is 8.75. The molecule has 0 atom stereocenters. The Kier molecular flexibility index (Phi) is 17.1. The zero-order chi connectivity index (χ0) is 21.1. The van der Waals surface area contributed by atoms with E-state index in [0.29, 0.717) is 0 Å². The minimum atomic E-state index is 0.788. The first-order chi connectivity index (χ1) is 14.9. The van der Waals surface area contributed by atoms with Gasteiger partial charge < -0.3 is 4.74 Å². The Labute approximate surface area is 203 Å². The van der Waals surface area contributed by atoms with E-state index >= 15 is 0 Å². The molecule has 0 aromatic carbocycles. The van der Waals surface area contributed by atoms with Gasteiger partial charge in [-0.2, -0.15) is 0 Å². The largest absolute Gasteiger partial charge is 0.376 e. The zero-order valence-corrected chi connectivity index (χ0v) is 22.3. The summed E-state index contributed by atoms with van der Waals surface area (Å²) in [7, 11) is 0. The van der Waals surface area contributed by atoms with Crippen LogP contribution in [0.25, 0.3) is 0 Å². The van der Waals surface area contributed by atoms with Gasteiger partial charge in [-0.05, 0) is 22.6 Å². The number of thioether (sulfide) groups is 4. The predicted octanol–water partition coefficient (Wildman–Crippen LogP) is 10.7. The van der Waals surface area contributed by atoms with Gasteiger partial charge in [0.05, 0.1) is 15.1 Å². The summed E-state index contributed by atoms with van der Waals surface area (Å²) in [6.07, 6.45) is 22.7. The van der Waals surface area contributed by atoms with Crippen molar-refractivity contribution in [2.24, 2.45) is 0 Å². The minimum absolute atomic E-state index is 0.788. The van der Waals surface area contributed by atoms with Crippen LogP contribution in [0.4, 0.5) is 0 Å². The van der Waals surface area contributed by atoms with Crippen LogP contribution in [0.15, 0.2) is 29.6 Å². The maximum absolute atomic E-state index is 5.89. The fourth-order valence-corrected chi connectivity index (χ4v) is 8.08. The number of ether oxygens (including phenoxy) is 1. The highest BCUT2D eigenvalue weighted by atomic mass is 32.2. The van der Waals surface area contributed by atoms with Crippen molar-refractivity contribution in [3.05, 3.63) is 29.6 Å². The molecular weight excluding hydrogens is 445 g/mol. The average molecular weight is 487 g/mol. The quantitative estimate of drug-likeness (QED) is 0.167. The average Bonchev–Trinajstić information content (AvgIpc) is 3.45. The summed E-state index contributed by atoms with van der Waals surface area (Å²) in [5.41, 5.74) is 0. The van der Waals surface area contributed by atoms with Gasteiger partial charge in [0.1, 0.15) is 0 Å². The van der Waals surface area contributed by atoms with E-state index in [2.05, 4.69) is 23.1 Å². The number of rotatable bonds is 19. The van der Waals surface area contributed by atoms with Gasteiger partial charge in [-0.1, -0.05) is 150 Å². The van der Waals surface area contributed by atoms with Crippen LogP contribution in [0.5, 0.6) is 0 Å². The van der Waals surface area contributed by atoms with E-state index in [4.69, 9.17) is 4.74 Å². The second kappa shape index (κ2) is 19.1. The first-order valence-electron chi connectivity index (χ1n) is 12.2. The van der Waals surface area contributed by atoms with E-state index in [9.17, 15) is 0 Å². The molecule has 0 fully saturated rings. The highest BCUT2D eigenvalue weighted by Crippen LogP contribution is 2.53. The Bertz CT molecular complexity index is 517. The molecular formula is C25H42OS4. The Morgan fingerprint density at radius 2 is 1.10 bits per heavy atom. The molecule has 0 spiro atoms. The third-order valence-electron chi connectivity index (χ3n) is 5.48. The van der Waals surface area contributed by atoms with Gasteiger partial charge in [-0.15, -0.1) is 0 Å².